The van der Waals surface area contributed by atoms with Crippen molar-refractivity contribution in [1.29, 1.82) is 0 Å². The van der Waals surface area contributed by atoms with Gasteiger partial charge in [0.1, 0.15) is 6.54 Å². The van der Waals surface area contributed by atoms with Gasteiger partial charge in [0.05, 0.1) is 32.8 Å². The van der Waals surface area contributed by atoms with Gasteiger partial charge in [0.25, 0.3) is 0 Å². The molecule has 4 rings (SSSR count). The molecule has 0 bridgehead atoms. The molecule has 0 radical (unpaired) electrons. The topological polar surface area (TPSA) is 9.23 Å². The van der Waals surface area contributed by atoms with Crippen LogP contribution in [0.5, 0.6) is 0 Å². The molecule has 5 atom stereocenters. The summed E-state index contributed by atoms with van der Waals surface area (Å²) in [6.45, 7) is 7.18. The summed E-state index contributed by atoms with van der Waals surface area (Å²) in [6.07, 6.45) is 13.9. The van der Waals surface area contributed by atoms with Gasteiger partial charge in [-0.1, -0.05) is 69.2 Å². The highest BCUT2D eigenvalue weighted by molar-refractivity contribution is 5.13. The highest BCUT2D eigenvalue weighted by Gasteiger charge is 2.51. The lowest BCUT2D eigenvalue weighted by Gasteiger charge is -2.54. The van der Waals surface area contributed by atoms with E-state index in [4.69, 9.17) is 4.74 Å². The van der Waals surface area contributed by atoms with Crippen LogP contribution < -0.4 is 0 Å². The Morgan fingerprint density at radius 3 is 2.54 bits per heavy atom. The molecule has 1 aromatic carbocycles. The van der Waals surface area contributed by atoms with Crippen molar-refractivity contribution in [3.63, 3.8) is 0 Å². The lowest BCUT2D eigenvalue weighted by atomic mass is 9.61. The van der Waals surface area contributed by atoms with Gasteiger partial charge in [0, 0.05) is 11.0 Å². The van der Waals surface area contributed by atoms with Gasteiger partial charge in [0.2, 0.25) is 0 Å². The van der Waals surface area contributed by atoms with Gasteiger partial charge in [-0.05, 0) is 43.4 Å². The molecule has 2 heteroatoms. The molecule has 154 valence electrons. The Bertz CT molecular complexity index is 677. The summed E-state index contributed by atoms with van der Waals surface area (Å²) in [6, 6.07) is 11.0. The SMILES string of the molecule is CC(C)(C[N+](C)(C)Cc1ccccc1)[C@@H]1O[C@@H]2CCCC[C@@H]2[C@H]2C=CCC[C@H]21. The minimum atomic E-state index is 0.175. The molecule has 1 saturated carbocycles. The fourth-order valence-electron chi connectivity index (χ4n) is 6.81. The second-order valence-electron chi connectivity index (χ2n) is 11.0. The second kappa shape index (κ2) is 7.95. The molecular formula is C26H40NO+. The van der Waals surface area contributed by atoms with Crippen molar-refractivity contribution in [2.75, 3.05) is 20.6 Å². The number of benzene rings is 1. The zero-order valence-electron chi connectivity index (χ0n) is 18.4. The van der Waals surface area contributed by atoms with Crippen molar-refractivity contribution in [2.24, 2.45) is 23.2 Å². The maximum absolute atomic E-state index is 6.98. The Morgan fingerprint density at radius 2 is 1.75 bits per heavy atom. The summed E-state index contributed by atoms with van der Waals surface area (Å²) in [5, 5.41) is 0. The van der Waals surface area contributed by atoms with E-state index in [1.165, 1.54) is 44.1 Å². The Balaban J connectivity index is 1.53. The minimum Gasteiger partial charge on any atom is -0.374 e. The second-order valence-corrected chi connectivity index (χ2v) is 11.0. The summed E-state index contributed by atoms with van der Waals surface area (Å²) in [7, 11) is 4.78. The Morgan fingerprint density at radius 1 is 1.00 bits per heavy atom. The molecular weight excluding hydrogens is 342 g/mol. The van der Waals surface area contributed by atoms with E-state index in [9.17, 15) is 0 Å². The monoisotopic (exact) mass is 382 g/mol. The molecule has 1 heterocycles. The fourth-order valence-corrected chi connectivity index (χ4v) is 6.81. The van der Waals surface area contributed by atoms with Crippen LogP contribution in [0.2, 0.25) is 0 Å². The van der Waals surface area contributed by atoms with E-state index < -0.39 is 0 Å². The van der Waals surface area contributed by atoms with Crippen LogP contribution in [-0.4, -0.2) is 37.3 Å². The van der Waals surface area contributed by atoms with E-state index in [-0.39, 0.29) is 5.41 Å². The van der Waals surface area contributed by atoms with Crippen LogP contribution >= 0.6 is 0 Å². The number of nitrogens with zero attached hydrogens (tertiary/aromatic N) is 1. The van der Waals surface area contributed by atoms with E-state index in [1.54, 1.807) is 0 Å². The van der Waals surface area contributed by atoms with Gasteiger partial charge in [-0.15, -0.1) is 0 Å². The minimum absolute atomic E-state index is 0.175. The summed E-state index contributed by atoms with van der Waals surface area (Å²) in [5.74, 6) is 2.23. The molecule has 0 amide bonds. The Kier molecular flexibility index (Phi) is 5.73. The molecule has 2 fully saturated rings. The lowest BCUT2D eigenvalue weighted by Crippen LogP contribution is -2.58. The van der Waals surface area contributed by atoms with Gasteiger partial charge in [0.15, 0.2) is 0 Å². The van der Waals surface area contributed by atoms with Crippen LogP contribution in [0, 0.1) is 23.2 Å². The number of hydrogen-bond acceptors (Lipinski definition) is 1. The van der Waals surface area contributed by atoms with Crippen molar-refractivity contribution < 1.29 is 9.22 Å². The number of allylic oxidation sites excluding steroid dienone is 2. The molecule has 3 aliphatic rings. The first-order valence-electron chi connectivity index (χ1n) is 11.5. The first-order valence-corrected chi connectivity index (χ1v) is 11.5. The third kappa shape index (κ3) is 4.24. The van der Waals surface area contributed by atoms with Gasteiger partial charge in [-0.25, -0.2) is 0 Å². The highest BCUT2D eigenvalue weighted by Crippen LogP contribution is 2.50. The largest absolute Gasteiger partial charge is 0.374 e. The zero-order valence-corrected chi connectivity index (χ0v) is 18.4. The van der Waals surface area contributed by atoms with Crippen molar-refractivity contribution >= 4 is 0 Å². The first-order chi connectivity index (χ1) is 13.4. The predicted molar refractivity (Wildman–Crippen MR) is 117 cm³/mol. The molecule has 2 aliphatic carbocycles. The highest BCUT2D eigenvalue weighted by atomic mass is 16.5. The normalized spacial score (nSPS) is 33.2. The average Bonchev–Trinajstić information content (AvgIpc) is 2.67. The maximum Gasteiger partial charge on any atom is 0.104 e. The first kappa shape index (κ1) is 20.2. The van der Waals surface area contributed by atoms with Crippen LogP contribution in [0.15, 0.2) is 42.5 Å². The van der Waals surface area contributed by atoms with E-state index >= 15 is 0 Å². The quantitative estimate of drug-likeness (QED) is 0.460. The molecule has 0 aromatic heterocycles. The van der Waals surface area contributed by atoms with Crippen molar-refractivity contribution in [3.05, 3.63) is 48.0 Å². The molecule has 0 N–H and O–H groups in total. The Hall–Kier alpha value is -1.12. The molecule has 1 aromatic rings. The molecule has 2 nitrogen and oxygen atoms in total. The molecule has 1 aliphatic heterocycles. The summed E-state index contributed by atoms with van der Waals surface area (Å²) in [5.41, 5.74) is 1.60. The van der Waals surface area contributed by atoms with Gasteiger partial charge >= 0.3 is 0 Å². The Labute approximate surface area is 172 Å². The third-order valence-electron chi connectivity index (χ3n) is 7.54. The number of quaternary nitrogens is 1. The average molecular weight is 383 g/mol. The van der Waals surface area contributed by atoms with E-state index in [0.717, 1.165) is 29.4 Å². The lowest BCUT2D eigenvalue weighted by molar-refractivity contribution is -0.910. The van der Waals surface area contributed by atoms with E-state index in [1.807, 2.05) is 0 Å². The van der Waals surface area contributed by atoms with Gasteiger partial charge in [-0.2, -0.15) is 0 Å². The number of ether oxygens (including phenoxy) is 1. The van der Waals surface area contributed by atoms with E-state index in [0.29, 0.717) is 18.1 Å². The zero-order chi connectivity index (χ0) is 19.8. The van der Waals surface area contributed by atoms with Crippen LogP contribution in [0.25, 0.3) is 0 Å². The molecule has 28 heavy (non-hydrogen) atoms. The molecule has 0 unspecified atom stereocenters. The molecule has 1 saturated heterocycles. The summed E-state index contributed by atoms with van der Waals surface area (Å²) >= 11 is 0. The standard InChI is InChI=1S/C26H40NO/c1-26(2,19-27(3,4)18-20-12-6-5-7-13-20)25-23-16-9-8-14-21(23)22-15-10-11-17-24(22)28-25/h5-8,12-14,21-25H,9-11,15-19H2,1-4H3/q+1/t21-,22-,23-,24-,25-/m1/s1. The fraction of sp³-hybridized carbons (Fsp3) is 0.692. The number of fused-ring (bicyclic) bond motifs is 3. The summed E-state index contributed by atoms with van der Waals surface area (Å²) in [4.78, 5) is 0. The smallest absolute Gasteiger partial charge is 0.104 e. The summed E-state index contributed by atoms with van der Waals surface area (Å²) < 4.78 is 7.99. The van der Waals surface area contributed by atoms with Crippen LogP contribution in [0.3, 0.4) is 0 Å². The van der Waals surface area contributed by atoms with E-state index in [2.05, 4.69) is 70.4 Å². The number of hydrogen-bond donors (Lipinski definition) is 0. The van der Waals surface area contributed by atoms with Crippen molar-refractivity contribution in [3.8, 4) is 0 Å². The van der Waals surface area contributed by atoms with Crippen molar-refractivity contribution in [1.82, 2.24) is 0 Å². The van der Waals surface area contributed by atoms with Crippen LogP contribution in [-0.2, 0) is 11.3 Å². The third-order valence-corrected chi connectivity index (χ3v) is 7.54. The van der Waals surface area contributed by atoms with Crippen LogP contribution in [0.1, 0.15) is 57.9 Å². The molecule has 0 spiro atoms. The van der Waals surface area contributed by atoms with Gasteiger partial charge < -0.3 is 9.22 Å². The van der Waals surface area contributed by atoms with Gasteiger partial charge in [-0.3, -0.25) is 0 Å². The number of rotatable bonds is 5. The predicted octanol–water partition coefficient (Wildman–Crippen LogP) is 5.83. The van der Waals surface area contributed by atoms with Crippen molar-refractivity contribution in [2.45, 2.75) is 71.1 Å². The maximum atomic E-state index is 6.98. The van der Waals surface area contributed by atoms with Crippen LogP contribution in [0.4, 0.5) is 0 Å².